The highest BCUT2D eigenvalue weighted by Crippen LogP contribution is 2.32. The minimum Gasteiger partial charge on any atom is -0.337 e. The van der Waals surface area contributed by atoms with E-state index in [-0.39, 0.29) is 0 Å². The van der Waals surface area contributed by atoms with Crippen LogP contribution in [0.5, 0.6) is 0 Å². The fourth-order valence-corrected chi connectivity index (χ4v) is 3.72. The van der Waals surface area contributed by atoms with Gasteiger partial charge in [0.15, 0.2) is 5.82 Å². The Morgan fingerprint density at radius 2 is 2.24 bits per heavy atom. The molecule has 108 valence electrons. The van der Waals surface area contributed by atoms with Crippen LogP contribution in [0.1, 0.15) is 6.92 Å². The van der Waals surface area contributed by atoms with E-state index < -0.39 is 0 Å². The second-order valence-electron chi connectivity index (χ2n) is 5.43. The molecule has 1 fully saturated rings. The molecule has 1 atom stereocenters. The number of anilines is 1. The number of thiophene rings is 1. The Hall–Kier alpha value is -1.92. The average molecular weight is 299 g/mol. The normalized spacial score (nSPS) is 19.3. The highest BCUT2D eigenvalue weighted by Gasteiger charge is 2.20. The summed E-state index contributed by atoms with van der Waals surface area (Å²) in [6.07, 6.45) is 0. The van der Waals surface area contributed by atoms with Crippen molar-refractivity contribution in [3.63, 3.8) is 0 Å². The molecule has 1 saturated heterocycles. The van der Waals surface area contributed by atoms with Crippen LogP contribution in [0.15, 0.2) is 30.3 Å². The fraction of sp³-hybridized carbons (Fsp3) is 0.333. The van der Waals surface area contributed by atoms with Gasteiger partial charge in [-0.05, 0) is 24.4 Å². The zero-order valence-electron chi connectivity index (χ0n) is 11.8. The van der Waals surface area contributed by atoms with Gasteiger partial charge in [-0.1, -0.05) is 18.2 Å². The van der Waals surface area contributed by atoms with Crippen molar-refractivity contribution in [1.29, 1.82) is 0 Å². The molecule has 4 rings (SSSR count). The Morgan fingerprint density at radius 1 is 1.33 bits per heavy atom. The van der Waals surface area contributed by atoms with Crippen LogP contribution >= 0.6 is 11.3 Å². The van der Waals surface area contributed by atoms with Gasteiger partial charge in [0.25, 0.3) is 0 Å². The number of nitrogens with zero attached hydrogens (tertiary/aromatic N) is 3. The van der Waals surface area contributed by atoms with Crippen LogP contribution in [0.2, 0.25) is 0 Å². The number of hydrogen-bond donors (Lipinski definition) is 2. The maximum atomic E-state index is 4.68. The van der Waals surface area contributed by atoms with E-state index in [0.29, 0.717) is 6.04 Å². The molecule has 3 heterocycles. The van der Waals surface area contributed by atoms with Crippen molar-refractivity contribution in [1.82, 2.24) is 20.5 Å². The Kier molecular flexibility index (Phi) is 3.12. The standard InChI is InChI=1S/C15H17N5S/c1-10-9-20(7-6-16-10)15-17-14(18-19-15)13-8-11-4-2-3-5-12(11)21-13/h2-5,8,10,16H,6-7,9H2,1H3,(H,17,18,19). The molecule has 1 aromatic carbocycles. The zero-order chi connectivity index (χ0) is 14.2. The predicted octanol–water partition coefficient (Wildman–Crippen LogP) is 2.48. The highest BCUT2D eigenvalue weighted by molar-refractivity contribution is 7.22. The van der Waals surface area contributed by atoms with E-state index in [2.05, 4.69) is 62.7 Å². The largest absolute Gasteiger partial charge is 0.337 e. The summed E-state index contributed by atoms with van der Waals surface area (Å²) < 4.78 is 1.28. The summed E-state index contributed by atoms with van der Waals surface area (Å²) in [5, 5.41) is 12.2. The summed E-state index contributed by atoms with van der Waals surface area (Å²) in [4.78, 5) is 8.04. The van der Waals surface area contributed by atoms with Crippen LogP contribution in [-0.4, -0.2) is 40.9 Å². The molecule has 21 heavy (non-hydrogen) atoms. The minimum absolute atomic E-state index is 0.477. The lowest BCUT2D eigenvalue weighted by Crippen LogP contribution is -2.49. The molecular formula is C15H17N5S. The number of aromatic nitrogens is 3. The van der Waals surface area contributed by atoms with Gasteiger partial charge >= 0.3 is 0 Å². The number of hydrogen-bond acceptors (Lipinski definition) is 5. The molecule has 1 unspecified atom stereocenters. The third-order valence-electron chi connectivity index (χ3n) is 3.78. The molecule has 1 aliphatic rings. The first kappa shape index (κ1) is 12.8. The van der Waals surface area contributed by atoms with Crippen LogP contribution in [0.3, 0.4) is 0 Å². The first-order valence-electron chi connectivity index (χ1n) is 7.19. The quantitative estimate of drug-likeness (QED) is 0.763. The van der Waals surface area contributed by atoms with E-state index in [1.54, 1.807) is 11.3 Å². The smallest absolute Gasteiger partial charge is 0.245 e. The van der Waals surface area contributed by atoms with Gasteiger partial charge in [0.05, 0.1) is 4.88 Å². The Balaban J connectivity index is 1.64. The maximum absolute atomic E-state index is 4.68. The van der Waals surface area contributed by atoms with Gasteiger partial charge in [0.2, 0.25) is 5.95 Å². The Morgan fingerprint density at radius 3 is 3.10 bits per heavy atom. The van der Waals surface area contributed by atoms with E-state index in [0.717, 1.165) is 36.3 Å². The molecule has 0 amide bonds. The van der Waals surface area contributed by atoms with Crippen LogP contribution in [0.25, 0.3) is 20.8 Å². The SMILES string of the molecule is CC1CN(c2n[nH]c(-c3cc4ccccc4s3)n2)CCN1. The Bertz CT molecular complexity index is 729. The molecule has 2 N–H and O–H groups in total. The first-order chi connectivity index (χ1) is 10.3. The second kappa shape index (κ2) is 5.13. The van der Waals surface area contributed by atoms with Crippen molar-refractivity contribution in [3.8, 4) is 10.7 Å². The highest BCUT2D eigenvalue weighted by atomic mass is 32.1. The number of nitrogens with one attached hydrogen (secondary N) is 2. The molecule has 0 radical (unpaired) electrons. The molecule has 3 aromatic rings. The lowest BCUT2D eigenvalue weighted by molar-refractivity contribution is 0.480. The fourth-order valence-electron chi connectivity index (χ4n) is 2.72. The molecule has 0 bridgehead atoms. The van der Waals surface area contributed by atoms with Crippen LogP contribution in [0, 0.1) is 0 Å². The monoisotopic (exact) mass is 299 g/mol. The molecule has 2 aromatic heterocycles. The van der Waals surface area contributed by atoms with E-state index in [1.165, 1.54) is 10.1 Å². The summed E-state index contributed by atoms with van der Waals surface area (Å²) in [5.74, 6) is 1.66. The molecule has 1 aliphatic heterocycles. The number of rotatable bonds is 2. The third-order valence-corrected chi connectivity index (χ3v) is 4.91. The number of aromatic amines is 1. The maximum Gasteiger partial charge on any atom is 0.245 e. The van der Waals surface area contributed by atoms with Gasteiger partial charge in [-0.15, -0.1) is 16.4 Å². The van der Waals surface area contributed by atoms with Crippen molar-refractivity contribution in [2.24, 2.45) is 0 Å². The van der Waals surface area contributed by atoms with Crippen molar-refractivity contribution in [3.05, 3.63) is 30.3 Å². The van der Waals surface area contributed by atoms with E-state index in [4.69, 9.17) is 0 Å². The van der Waals surface area contributed by atoms with Gasteiger partial charge in [-0.25, -0.2) is 0 Å². The van der Waals surface area contributed by atoms with Gasteiger partial charge in [0.1, 0.15) is 0 Å². The first-order valence-corrected chi connectivity index (χ1v) is 8.01. The summed E-state index contributed by atoms with van der Waals surface area (Å²) >= 11 is 1.75. The second-order valence-corrected chi connectivity index (χ2v) is 6.52. The third kappa shape index (κ3) is 2.41. The molecular weight excluding hydrogens is 282 g/mol. The van der Waals surface area contributed by atoms with Gasteiger partial charge in [-0.2, -0.15) is 4.98 Å². The lowest BCUT2D eigenvalue weighted by atomic mass is 10.2. The number of fused-ring (bicyclic) bond motifs is 1. The van der Waals surface area contributed by atoms with Gasteiger partial charge < -0.3 is 10.2 Å². The molecule has 6 heteroatoms. The van der Waals surface area contributed by atoms with E-state index >= 15 is 0 Å². The Labute approximate surface area is 127 Å². The van der Waals surface area contributed by atoms with Crippen LogP contribution < -0.4 is 10.2 Å². The number of piperazine rings is 1. The summed E-state index contributed by atoms with van der Waals surface area (Å²) in [6, 6.07) is 11.0. The summed E-state index contributed by atoms with van der Waals surface area (Å²) in [6.45, 7) is 5.07. The zero-order valence-corrected chi connectivity index (χ0v) is 12.7. The van der Waals surface area contributed by atoms with Crippen LogP contribution in [0.4, 0.5) is 5.95 Å². The summed E-state index contributed by atoms with van der Waals surface area (Å²) in [7, 11) is 0. The molecule has 0 spiro atoms. The van der Waals surface area contributed by atoms with E-state index in [9.17, 15) is 0 Å². The van der Waals surface area contributed by atoms with Crippen molar-refractivity contribution in [2.75, 3.05) is 24.5 Å². The van der Waals surface area contributed by atoms with Crippen molar-refractivity contribution in [2.45, 2.75) is 13.0 Å². The molecule has 0 aliphatic carbocycles. The predicted molar refractivity (Wildman–Crippen MR) is 86.9 cm³/mol. The number of H-pyrrole nitrogens is 1. The number of benzene rings is 1. The van der Waals surface area contributed by atoms with Crippen molar-refractivity contribution >= 4 is 27.4 Å². The average Bonchev–Trinajstić information content (AvgIpc) is 3.14. The lowest BCUT2D eigenvalue weighted by Gasteiger charge is -2.30. The van der Waals surface area contributed by atoms with Crippen LogP contribution in [-0.2, 0) is 0 Å². The van der Waals surface area contributed by atoms with Gasteiger partial charge in [0, 0.05) is 30.4 Å². The summed E-state index contributed by atoms with van der Waals surface area (Å²) in [5.41, 5.74) is 0. The van der Waals surface area contributed by atoms with Crippen molar-refractivity contribution < 1.29 is 0 Å². The van der Waals surface area contributed by atoms with E-state index in [1.807, 2.05) is 0 Å². The molecule has 0 saturated carbocycles. The minimum atomic E-state index is 0.477. The van der Waals surface area contributed by atoms with Gasteiger partial charge in [-0.3, -0.25) is 5.10 Å². The molecule has 5 nitrogen and oxygen atoms in total. The topological polar surface area (TPSA) is 56.8 Å².